The molecule has 0 amide bonds. The lowest BCUT2D eigenvalue weighted by Crippen LogP contribution is -3.12. The van der Waals surface area contributed by atoms with E-state index in [1.807, 2.05) is 55.5 Å². The van der Waals surface area contributed by atoms with Crippen molar-refractivity contribution in [3.8, 4) is 11.1 Å². The molecule has 2 heterocycles. The lowest BCUT2D eigenvalue weighted by molar-refractivity contribution is -0.921. The highest BCUT2D eigenvalue weighted by atomic mass is 35.5. The third-order valence-corrected chi connectivity index (χ3v) is 5.42. The topological polar surface area (TPSA) is 52.9 Å². The number of carbonyl (C=O) groups excluding carboxylic acids is 1. The standard InChI is InChI=1S/C23H23ClN2O3/c1-2-29-23(27)22-20(15-26-10-12-28-13-11-26)25-19-9-8-17(24)14-18(19)21(22)16-6-4-3-5-7-16/h3-9,14H,2,10-13,15H2,1H3/p+1. The number of carbonyl (C=O) groups is 1. The SMILES string of the molecule is CCOC(=O)c1c(C[NH+]2CCOCC2)nc2ccc(Cl)cc2c1-c1ccccc1. The van der Waals surface area contributed by atoms with Gasteiger partial charge in [0.2, 0.25) is 0 Å². The summed E-state index contributed by atoms with van der Waals surface area (Å²) < 4.78 is 10.9. The Morgan fingerprint density at radius 1 is 1.17 bits per heavy atom. The maximum Gasteiger partial charge on any atom is 0.340 e. The van der Waals surface area contributed by atoms with Crippen LogP contribution in [0.4, 0.5) is 0 Å². The van der Waals surface area contributed by atoms with Crippen molar-refractivity contribution in [2.24, 2.45) is 0 Å². The van der Waals surface area contributed by atoms with Crippen molar-refractivity contribution in [1.82, 2.24) is 4.98 Å². The van der Waals surface area contributed by atoms with Gasteiger partial charge in [-0.25, -0.2) is 9.78 Å². The molecule has 29 heavy (non-hydrogen) atoms. The summed E-state index contributed by atoms with van der Waals surface area (Å²) in [5, 5.41) is 1.46. The molecule has 1 aliphatic heterocycles. The number of aromatic nitrogens is 1. The number of nitrogens with zero attached hydrogens (tertiary/aromatic N) is 1. The molecule has 0 spiro atoms. The number of fused-ring (bicyclic) bond motifs is 1. The molecule has 0 aliphatic carbocycles. The number of morpholine rings is 1. The third-order valence-electron chi connectivity index (χ3n) is 5.18. The van der Waals surface area contributed by atoms with Crippen LogP contribution in [0.15, 0.2) is 48.5 Å². The molecule has 3 aromatic rings. The number of pyridine rings is 1. The maximum atomic E-state index is 13.1. The molecule has 1 aromatic heterocycles. The summed E-state index contributed by atoms with van der Waals surface area (Å²) in [4.78, 5) is 19.3. The second kappa shape index (κ2) is 8.91. The smallest absolute Gasteiger partial charge is 0.340 e. The summed E-state index contributed by atoms with van der Waals surface area (Å²) in [6.45, 7) is 6.00. The number of benzene rings is 2. The maximum absolute atomic E-state index is 13.1. The van der Waals surface area contributed by atoms with Crippen molar-refractivity contribution >= 4 is 28.5 Å². The van der Waals surface area contributed by atoms with Gasteiger partial charge < -0.3 is 14.4 Å². The zero-order valence-electron chi connectivity index (χ0n) is 16.4. The predicted molar refractivity (Wildman–Crippen MR) is 113 cm³/mol. The lowest BCUT2D eigenvalue weighted by atomic mass is 9.93. The monoisotopic (exact) mass is 411 g/mol. The van der Waals surface area contributed by atoms with Crippen molar-refractivity contribution < 1.29 is 19.2 Å². The second-order valence-electron chi connectivity index (χ2n) is 7.10. The highest BCUT2D eigenvalue weighted by molar-refractivity contribution is 6.31. The van der Waals surface area contributed by atoms with Gasteiger partial charge in [-0.1, -0.05) is 41.9 Å². The van der Waals surface area contributed by atoms with E-state index in [9.17, 15) is 4.79 Å². The van der Waals surface area contributed by atoms with Gasteiger partial charge in [0.05, 0.1) is 30.9 Å². The van der Waals surface area contributed by atoms with E-state index in [1.165, 1.54) is 4.90 Å². The van der Waals surface area contributed by atoms with Crippen molar-refractivity contribution in [3.05, 3.63) is 64.8 Å². The van der Waals surface area contributed by atoms with E-state index >= 15 is 0 Å². The molecule has 6 heteroatoms. The van der Waals surface area contributed by atoms with Crippen LogP contribution >= 0.6 is 11.6 Å². The molecule has 1 saturated heterocycles. The van der Waals surface area contributed by atoms with Crippen LogP contribution in [0.3, 0.4) is 0 Å². The Balaban J connectivity index is 1.96. The molecule has 0 radical (unpaired) electrons. The lowest BCUT2D eigenvalue weighted by Gasteiger charge is -2.25. The molecule has 0 bridgehead atoms. The zero-order valence-corrected chi connectivity index (χ0v) is 17.2. The van der Waals surface area contributed by atoms with Crippen molar-refractivity contribution in [2.75, 3.05) is 32.9 Å². The quantitative estimate of drug-likeness (QED) is 0.655. The van der Waals surface area contributed by atoms with Gasteiger partial charge in [-0.15, -0.1) is 0 Å². The van der Waals surface area contributed by atoms with Crippen LogP contribution in [0, 0.1) is 0 Å². The average molecular weight is 412 g/mol. The fraction of sp³-hybridized carbons (Fsp3) is 0.304. The number of halogens is 1. The number of nitrogens with one attached hydrogen (secondary N) is 1. The summed E-state index contributed by atoms with van der Waals surface area (Å²) >= 11 is 6.30. The Bertz CT molecular complexity index is 1020. The first-order chi connectivity index (χ1) is 14.2. The first-order valence-electron chi connectivity index (χ1n) is 9.93. The molecule has 4 rings (SSSR count). The zero-order chi connectivity index (χ0) is 20.2. The highest BCUT2D eigenvalue weighted by Crippen LogP contribution is 2.35. The van der Waals surface area contributed by atoms with Gasteiger partial charge in [0.15, 0.2) is 0 Å². The minimum absolute atomic E-state index is 0.310. The van der Waals surface area contributed by atoms with Gasteiger partial charge >= 0.3 is 5.97 Å². The Morgan fingerprint density at radius 2 is 1.93 bits per heavy atom. The van der Waals surface area contributed by atoms with Crippen LogP contribution in [-0.2, 0) is 16.0 Å². The molecule has 0 unspecified atom stereocenters. The number of hydrogen-bond acceptors (Lipinski definition) is 4. The molecule has 5 nitrogen and oxygen atoms in total. The van der Waals surface area contributed by atoms with Crippen LogP contribution in [-0.4, -0.2) is 43.9 Å². The minimum atomic E-state index is -0.344. The van der Waals surface area contributed by atoms with Crippen LogP contribution < -0.4 is 4.90 Å². The first-order valence-corrected chi connectivity index (χ1v) is 10.3. The fourth-order valence-electron chi connectivity index (χ4n) is 3.82. The third kappa shape index (κ3) is 4.27. The van der Waals surface area contributed by atoms with Crippen LogP contribution in [0.5, 0.6) is 0 Å². The normalized spacial score (nSPS) is 14.8. The van der Waals surface area contributed by atoms with E-state index in [4.69, 9.17) is 26.1 Å². The molecule has 1 fully saturated rings. The summed E-state index contributed by atoms with van der Waals surface area (Å²) in [6.07, 6.45) is 0. The fourth-order valence-corrected chi connectivity index (χ4v) is 3.99. The van der Waals surface area contributed by atoms with E-state index in [0.29, 0.717) is 23.7 Å². The van der Waals surface area contributed by atoms with E-state index < -0.39 is 0 Å². The Kier molecular flexibility index (Phi) is 6.09. The van der Waals surface area contributed by atoms with E-state index in [2.05, 4.69) is 0 Å². The highest BCUT2D eigenvalue weighted by Gasteiger charge is 2.26. The van der Waals surface area contributed by atoms with Crippen molar-refractivity contribution in [2.45, 2.75) is 13.5 Å². The van der Waals surface area contributed by atoms with Crippen LogP contribution in [0.2, 0.25) is 5.02 Å². The van der Waals surface area contributed by atoms with E-state index in [1.54, 1.807) is 0 Å². The van der Waals surface area contributed by atoms with Crippen LogP contribution in [0.1, 0.15) is 23.0 Å². The van der Waals surface area contributed by atoms with Crippen molar-refractivity contribution in [1.29, 1.82) is 0 Å². The largest absolute Gasteiger partial charge is 0.462 e. The number of ether oxygens (including phenoxy) is 2. The molecule has 150 valence electrons. The molecule has 0 saturated carbocycles. The Hall–Kier alpha value is -2.47. The van der Waals surface area contributed by atoms with Gasteiger partial charge in [0, 0.05) is 16.0 Å². The molecule has 1 aliphatic rings. The number of rotatable bonds is 5. The number of esters is 1. The summed E-state index contributed by atoms with van der Waals surface area (Å²) in [5.74, 6) is -0.344. The molecular formula is C23H24ClN2O3+. The molecule has 0 atom stereocenters. The summed E-state index contributed by atoms with van der Waals surface area (Å²) in [7, 11) is 0. The van der Waals surface area contributed by atoms with E-state index in [-0.39, 0.29) is 5.97 Å². The van der Waals surface area contributed by atoms with Gasteiger partial charge in [-0.05, 0) is 30.7 Å². The molecule has 2 aromatic carbocycles. The van der Waals surface area contributed by atoms with Gasteiger partial charge in [-0.2, -0.15) is 0 Å². The average Bonchev–Trinajstić information content (AvgIpc) is 2.74. The molecular weight excluding hydrogens is 388 g/mol. The van der Waals surface area contributed by atoms with Gasteiger partial charge in [0.1, 0.15) is 25.3 Å². The minimum Gasteiger partial charge on any atom is -0.462 e. The van der Waals surface area contributed by atoms with E-state index in [0.717, 1.165) is 54.0 Å². The van der Waals surface area contributed by atoms with Gasteiger partial charge in [-0.3, -0.25) is 0 Å². The number of hydrogen-bond donors (Lipinski definition) is 1. The van der Waals surface area contributed by atoms with Gasteiger partial charge in [0.25, 0.3) is 0 Å². The summed E-state index contributed by atoms with van der Waals surface area (Å²) in [5.41, 5.74) is 3.90. The number of quaternary nitrogens is 1. The Morgan fingerprint density at radius 3 is 2.66 bits per heavy atom. The van der Waals surface area contributed by atoms with Crippen molar-refractivity contribution in [3.63, 3.8) is 0 Å². The van der Waals surface area contributed by atoms with Crippen LogP contribution in [0.25, 0.3) is 22.0 Å². The first kappa shape index (κ1) is 19.8. The molecule has 1 N–H and O–H groups in total. The predicted octanol–water partition coefficient (Wildman–Crippen LogP) is 3.15. The second-order valence-corrected chi connectivity index (χ2v) is 7.53. The summed E-state index contributed by atoms with van der Waals surface area (Å²) in [6, 6.07) is 15.5. The Labute approximate surface area is 175 Å².